The van der Waals surface area contributed by atoms with Gasteiger partial charge in [-0.1, -0.05) is 24.3 Å². The molecule has 0 atom stereocenters. The lowest BCUT2D eigenvalue weighted by Crippen LogP contribution is -2.31. The molecular formula is C22H23N3O3. The molecule has 0 fully saturated rings. The second-order valence-corrected chi connectivity index (χ2v) is 6.80. The van der Waals surface area contributed by atoms with Crippen LogP contribution in [-0.2, 0) is 6.54 Å². The predicted octanol–water partition coefficient (Wildman–Crippen LogP) is 3.88. The fraction of sp³-hybridized carbons (Fsp3) is 0.273. The average Bonchev–Trinajstić information content (AvgIpc) is 3.29. The van der Waals surface area contributed by atoms with Crippen molar-refractivity contribution in [2.24, 2.45) is 0 Å². The summed E-state index contributed by atoms with van der Waals surface area (Å²) in [5.74, 6) is 1.46. The molecule has 1 aliphatic rings. The first-order chi connectivity index (χ1) is 13.6. The van der Waals surface area contributed by atoms with Gasteiger partial charge >= 0.3 is 0 Å². The molecule has 6 nitrogen and oxygen atoms in total. The Morgan fingerprint density at radius 1 is 1.11 bits per heavy atom. The highest BCUT2D eigenvalue weighted by Crippen LogP contribution is 2.33. The molecule has 6 heteroatoms. The summed E-state index contributed by atoms with van der Waals surface area (Å²) in [6.07, 6.45) is 0. The Balaban J connectivity index is 1.61. The number of nitrogens with zero attached hydrogens (tertiary/aromatic N) is 3. The van der Waals surface area contributed by atoms with Crippen molar-refractivity contribution in [2.45, 2.75) is 27.3 Å². The summed E-state index contributed by atoms with van der Waals surface area (Å²) in [6, 6.07) is 15.7. The standard InChI is InChI=1S/C22H23N3O3/c1-4-24(13-17-10-11-19-20(12-17)28-14-27-19)22(26)21-15(2)23-25(16(21)3)18-8-6-5-7-9-18/h5-12H,4,13-14H2,1-3H3. The van der Waals surface area contributed by atoms with Crippen molar-refractivity contribution in [2.75, 3.05) is 13.3 Å². The van der Waals surface area contributed by atoms with Crippen molar-refractivity contribution in [3.63, 3.8) is 0 Å². The van der Waals surface area contributed by atoms with Crippen LogP contribution in [-0.4, -0.2) is 33.9 Å². The third-order valence-electron chi connectivity index (χ3n) is 4.99. The number of amides is 1. The van der Waals surface area contributed by atoms with Crippen molar-refractivity contribution >= 4 is 5.91 Å². The molecule has 0 N–H and O–H groups in total. The largest absolute Gasteiger partial charge is 0.454 e. The maximum Gasteiger partial charge on any atom is 0.257 e. The summed E-state index contributed by atoms with van der Waals surface area (Å²) < 4.78 is 12.6. The molecule has 0 saturated heterocycles. The van der Waals surface area contributed by atoms with E-state index in [1.807, 2.05) is 78.9 Å². The third kappa shape index (κ3) is 3.22. The Bertz CT molecular complexity index is 1010. The van der Waals surface area contributed by atoms with E-state index in [0.29, 0.717) is 18.7 Å². The Hall–Kier alpha value is -3.28. The highest BCUT2D eigenvalue weighted by atomic mass is 16.7. The molecule has 1 amide bonds. The summed E-state index contributed by atoms with van der Waals surface area (Å²) in [5, 5.41) is 4.61. The molecule has 0 spiro atoms. The van der Waals surface area contributed by atoms with E-state index in [2.05, 4.69) is 5.10 Å². The van der Waals surface area contributed by atoms with Crippen LogP contribution in [0.15, 0.2) is 48.5 Å². The maximum atomic E-state index is 13.3. The lowest BCUT2D eigenvalue weighted by Gasteiger charge is -2.21. The highest BCUT2D eigenvalue weighted by Gasteiger charge is 2.24. The fourth-order valence-electron chi connectivity index (χ4n) is 3.52. The number of para-hydroxylation sites is 1. The Morgan fingerprint density at radius 2 is 1.86 bits per heavy atom. The second kappa shape index (κ2) is 7.38. The summed E-state index contributed by atoms with van der Waals surface area (Å²) in [7, 11) is 0. The van der Waals surface area contributed by atoms with E-state index in [-0.39, 0.29) is 12.7 Å². The van der Waals surface area contributed by atoms with Crippen LogP contribution in [0.3, 0.4) is 0 Å². The summed E-state index contributed by atoms with van der Waals surface area (Å²) in [5.41, 5.74) is 4.19. The zero-order valence-corrected chi connectivity index (χ0v) is 16.3. The fourth-order valence-corrected chi connectivity index (χ4v) is 3.52. The number of fused-ring (bicyclic) bond motifs is 1. The molecule has 2 heterocycles. The molecule has 0 bridgehead atoms. The van der Waals surface area contributed by atoms with Crippen LogP contribution < -0.4 is 9.47 Å². The first-order valence-electron chi connectivity index (χ1n) is 9.38. The summed E-state index contributed by atoms with van der Waals surface area (Å²) in [6.45, 7) is 7.15. The average molecular weight is 377 g/mol. The summed E-state index contributed by atoms with van der Waals surface area (Å²) >= 11 is 0. The van der Waals surface area contributed by atoms with Crippen LogP contribution in [0.25, 0.3) is 5.69 Å². The van der Waals surface area contributed by atoms with Gasteiger partial charge in [-0.25, -0.2) is 4.68 Å². The molecule has 1 aromatic heterocycles. The van der Waals surface area contributed by atoms with Gasteiger partial charge < -0.3 is 14.4 Å². The number of rotatable bonds is 5. The number of hydrogen-bond acceptors (Lipinski definition) is 4. The Morgan fingerprint density at radius 3 is 2.61 bits per heavy atom. The van der Waals surface area contributed by atoms with Crippen LogP contribution >= 0.6 is 0 Å². The van der Waals surface area contributed by atoms with Gasteiger partial charge in [0.05, 0.1) is 22.6 Å². The number of ether oxygens (including phenoxy) is 2. The number of aromatic nitrogens is 2. The molecule has 144 valence electrons. The van der Waals surface area contributed by atoms with E-state index in [1.54, 1.807) is 0 Å². The number of benzene rings is 2. The van der Waals surface area contributed by atoms with E-state index >= 15 is 0 Å². The quantitative estimate of drug-likeness (QED) is 0.677. The molecule has 0 unspecified atom stereocenters. The smallest absolute Gasteiger partial charge is 0.257 e. The predicted molar refractivity (Wildman–Crippen MR) is 106 cm³/mol. The zero-order chi connectivity index (χ0) is 19.7. The minimum atomic E-state index is -0.0163. The molecule has 1 aliphatic heterocycles. The van der Waals surface area contributed by atoms with Crippen molar-refractivity contribution in [3.05, 3.63) is 71.0 Å². The molecule has 0 radical (unpaired) electrons. The molecule has 28 heavy (non-hydrogen) atoms. The van der Waals surface area contributed by atoms with Gasteiger partial charge in [-0.3, -0.25) is 4.79 Å². The summed E-state index contributed by atoms with van der Waals surface area (Å²) in [4.78, 5) is 15.1. The van der Waals surface area contributed by atoms with Crippen molar-refractivity contribution in [1.29, 1.82) is 0 Å². The van der Waals surface area contributed by atoms with Gasteiger partial charge in [0.1, 0.15) is 0 Å². The SMILES string of the molecule is CCN(Cc1ccc2c(c1)OCO2)C(=O)c1c(C)nn(-c2ccccc2)c1C. The van der Waals surface area contributed by atoms with E-state index in [1.165, 1.54) is 0 Å². The minimum absolute atomic E-state index is 0.0163. The molecule has 0 saturated carbocycles. The van der Waals surface area contributed by atoms with Gasteiger partial charge in [0.15, 0.2) is 11.5 Å². The lowest BCUT2D eigenvalue weighted by molar-refractivity contribution is 0.0751. The van der Waals surface area contributed by atoms with Crippen LogP contribution in [0.5, 0.6) is 11.5 Å². The molecule has 4 rings (SSSR count). The van der Waals surface area contributed by atoms with E-state index < -0.39 is 0 Å². The lowest BCUT2D eigenvalue weighted by atomic mass is 10.1. The van der Waals surface area contributed by atoms with Gasteiger partial charge in [0.2, 0.25) is 6.79 Å². The van der Waals surface area contributed by atoms with Gasteiger partial charge in [0.25, 0.3) is 5.91 Å². The monoisotopic (exact) mass is 377 g/mol. The second-order valence-electron chi connectivity index (χ2n) is 6.80. The molecule has 0 aliphatic carbocycles. The first-order valence-corrected chi connectivity index (χ1v) is 9.38. The maximum absolute atomic E-state index is 13.3. The number of carbonyl (C=O) groups is 1. The third-order valence-corrected chi connectivity index (χ3v) is 4.99. The van der Waals surface area contributed by atoms with Crippen molar-refractivity contribution in [3.8, 4) is 17.2 Å². The van der Waals surface area contributed by atoms with E-state index in [9.17, 15) is 4.79 Å². The zero-order valence-electron chi connectivity index (χ0n) is 16.3. The molecular weight excluding hydrogens is 354 g/mol. The minimum Gasteiger partial charge on any atom is -0.454 e. The Labute approximate surface area is 164 Å². The van der Waals surface area contributed by atoms with Gasteiger partial charge in [0, 0.05) is 13.1 Å². The van der Waals surface area contributed by atoms with E-state index in [0.717, 1.165) is 34.1 Å². The number of carbonyl (C=O) groups excluding carboxylic acids is 1. The van der Waals surface area contributed by atoms with E-state index in [4.69, 9.17) is 9.47 Å². The molecule has 2 aromatic carbocycles. The van der Waals surface area contributed by atoms with Gasteiger partial charge in [-0.2, -0.15) is 5.10 Å². The Kier molecular flexibility index (Phi) is 4.77. The van der Waals surface area contributed by atoms with Crippen LogP contribution in [0.4, 0.5) is 0 Å². The van der Waals surface area contributed by atoms with Crippen LogP contribution in [0.2, 0.25) is 0 Å². The van der Waals surface area contributed by atoms with Gasteiger partial charge in [-0.15, -0.1) is 0 Å². The van der Waals surface area contributed by atoms with Crippen LogP contribution in [0.1, 0.15) is 34.2 Å². The number of aryl methyl sites for hydroxylation is 1. The normalized spacial score (nSPS) is 12.2. The van der Waals surface area contributed by atoms with Crippen molar-refractivity contribution < 1.29 is 14.3 Å². The molecule has 3 aromatic rings. The van der Waals surface area contributed by atoms with Crippen molar-refractivity contribution in [1.82, 2.24) is 14.7 Å². The van der Waals surface area contributed by atoms with Crippen LogP contribution in [0, 0.1) is 13.8 Å². The number of hydrogen-bond donors (Lipinski definition) is 0. The topological polar surface area (TPSA) is 56.6 Å². The first kappa shape index (κ1) is 18.1. The van der Waals surface area contributed by atoms with Gasteiger partial charge in [-0.05, 0) is 50.6 Å². The highest BCUT2D eigenvalue weighted by molar-refractivity contribution is 5.96.